The first kappa shape index (κ1) is 12.6. The molecule has 5 nitrogen and oxygen atoms in total. The monoisotopic (exact) mass is 281 g/mol. The van der Waals surface area contributed by atoms with Crippen molar-refractivity contribution in [2.24, 2.45) is 4.99 Å². The number of likely N-dealkylation sites (N-methyl/N-ethyl adjacent to an activating group) is 1. The Morgan fingerprint density at radius 2 is 1.86 bits per heavy atom. The highest BCUT2D eigenvalue weighted by molar-refractivity contribution is 5.98. The van der Waals surface area contributed by atoms with Crippen LogP contribution in [0.2, 0.25) is 0 Å². The molecule has 1 fully saturated rings. The summed E-state index contributed by atoms with van der Waals surface area (Å²) in [5.41, 5.74) is 2.32. The molecular weight excluding hydrogens is 262 g/mol. The Kier molecular flexibility index (Phi) is 3.00. The van der Waals surface area contributed by atoms with Gasteiger partial charge in [-0.25, -0.2) is 9.98 Å². The second-order valence-corrected chi connectivity index (χ2v) is 5.73. The normalized spacial score (nSPS) is 18.7. The molecule has 0 bridgehead atoms. The molecule has 5 heteroatoms. The molecular formula is C16H19N5. The number of amidine groups is 1. The fraction of sp³-hybridized carbons (Fsp3) is 0.375. The van der Waals surface area contributed by atoms with Gasteiger partial charge in [0, 0.05) is 38.6 Å². The predicted octanol–water partition coefficient (Wildman–Crippen LogP) is 1.57. The van der Waals surface area contributed by atoms with Crippen molar-refractivity contribution in [3.63, 3.8) is 0 Å². The zero-order chi connectivity index (χ0) is 14.2. The maximum Gasteiger partial charge on any atom is 0.176 e. The van der Waals surface area contributed by atoms with Crippen molar-refractivity contribution < 1.29 is 0 Å². The Bertz CT molecular complexity index is 679. The highest BCUT2D eigenvalue weighted by Crippen LogP contribution is 2.25. The number of aliphatic imine (C=N–C) groups is 1. The molecule has 0 saturated carbocycles. The van der Waals surface area contributed by atoms with E-state index in [0.717, 1.165) is 50.1 Å². The summed E-state index contributed by atoms with van der Waals surface area (Å²) in [5.74, 6) is 1.99. The molecule has 2 aliphatic rings. The highest BCUT2D eigenvalue weighted by Gasteiger charge is 2.24. The van der Waals surface area contributed by atoms with E-state index in [1.54, 1.807) is 0 Å². The van der Waals surface area contributed by atoms with Gasteiger partial charge in [0.2, 0.25) is 0 Å². The van der Waals surface area contributed by atoms with Gasteiger partial charge in [0.1, 0.15) is 0 Å². The summed E-state index contributed by atoms with van der Waals surface area (Å²) < 4.78 is 2.20. The van der Waals surface area contributed by atoms with Gasteiger partial charge in [0.25, 0.3) is 0 Å². The first-order valence-corrected chi connectivity index (χ1v) is 7.43. The topological polar surface area (TPSA) is 36.7 Å². The molecule has 1 aromatic heterocycles. The first-order chi connectivity index (χ1) is 10.3. The van der Waals surface area contributed by atoms with Crippen LogP contribution in [0.4, 0.5) is 5.69 Å². The van der Waals surface area contributed by atoms with Gasteiger partial charge in [-0.3, -0.25) is 0 Å². The van der Waals surface area contributed by atoms with E-state index in [0.29, 0.717) is 0 Å². The van der Waals surface area contributed by atoms with E-state index < -0.39 is 0 Å². The van der Waals surface area contributed by atoms with E-state index in [4.69, 9.17) is 4.99 Å². The van der Waals surface area contributed by atoms with Crippen LogP contribution in [0.5, 0.6) is 0 Å². The Morgan fingerprint density at radius 3 is 2.71 bits per heavy atom. The van der Waals surface area contributed by atoms with Crippen LogP contribution in [0, 0.1) is 0 Å². The molecule has 2 aliphatic heterocycles. The number of fused-ring (bicyclic) bond motifs is 2. The molecule has 0 radical (unpaired) electrons. The number of rotatable bonds is 0. The molecule has 1 saturated heterocycles. The van der Waals surface area contributed by atoms with E-state index in [1.807, 2.05) is 12.4 Å². The number of para-hydroxylation sites is 1. The van der Waals surface area contributed by atoms with Gasteiger partial charge >= 0.3 is 0 Å². The molecule has 3 heterocycles. The molecule has 0 amide bonds. The average Bonchev–Trinajstić information content (AvgIpc) is 2.89. The fourth-order valence-corrected chi connectivity index (χ4v) is 2.97. The molecule has 0 spiro atoms. The van der Waals surface area contributed by atoms with Crippen molar-refractivity contribution in [1.29, 1.82) is 0 Å². The molecule has 1 aromatic carbocycles. The quantitative estimate of drug-likeness (QED) is 0.735. The molecule has 4 rings (SSSR count). The van der Waals surface area contributed by atoms with Crippen molar-refractivity contribution in [1.82, 2.24) is 19.4 Å². The summed E-state index contributed by atoms with van der Waals surface area (Å²) in [7, 11) is 2.17. The number of aromatic nitrogens is 2. The molecule has 0 atom stereocenters. The van der Waals surface area contributed by atoms with E-state index in [9.17, 15) is 0 Å². The van der Waals surface area contributed by atoms with E-state index in [-0.39, 0.29) is 0 Å². The van der Waals surface area contributed by atoms with E-state index in [1.165, 1.54) is 5.56 Å². The molecule has 0 unspecified atom stereocenters. The minimum absolute atomic E-state index is 0.840. The largest absolute Gasteiger partial charge is 0.351 e. The minimum atomic E-state index is 0.840. The fourth-order valence-electron chi connectivity index (χ4n) is 2.97. The van der Waals surface area contributed by atoms with Crippen molar-refractivity contribution in [2.75, 3.05) is 33.2 Å². The van der Waals surface area contributed by atoms with Gasteiger partial charge in [0.15, 0.2) is 11.7 Å². The lowest BCUT2D eigenvalue weighted by molar-refractivity contribution is 0.215. The summed E-state index contributed by atoms with van der Waals surface area (Å²) in [6.07, 6.45) is 3.91. The molecule has 21 heavy (non-hydrogen) atoms. The standard InChI is InChI=1S/C16H19N5/c1-19-8-10-20(11-9-19)16-15-17-6-7-21(15)12-13-4-2-3-5-14(13)18-16/h2-7H,8-12H2,1H3. The Labute approximate surface area is 124 Å². The van der Waals surface area contributed by atoms with Gasteiger partial charge in [-0.05, 0) is 18.7 Å². The SMILES string of the molecule is CN1CCN(C2=Nc3ccccc3Cn3ccnc32)CC1. The molecule has 2 aromatic rings. The van der Waals surface area contributed by atoms with Crippen molar-refractivity contribution in [3.05, 3.63) is 48.0 Å². The van der Waals surface area contributed by atoms with Crippen LogP contribution in [-0.4, -0.2) is 58.4 Å². The van der Waals surface area contributed by atoms with Crippen LogP contribution < -0.4 is 0 Å². The van der Waals surface area contributed by atoms with Crippen LogP contribution in [0.3, 0.4) is 0 Å². The van der Waals surface area contributed by atoms with Crippen molar-refractivity contribution in [2.45, 2.75) is 6.54 Å². The van der Waals surface area contributed by atoms with E-state index in [2.05, 4.69) is 50.7 Å². The molecule has 0 aliphatic carbocycles. The van der Waals surface area contributed by atoms with Crippen LogP contribution in [0.1, 0.15) is 11.4 Å². The zero-order valence-corrected chi connectivity index (χ0v) is 12.2. The minimum Gasteiger partial charge on any atom is -0.351 e. The summed E-state index contributed by atoms with van der Waals surface area (Å²) in [6.45, 7) is 4.99. The van der Waals surface area contributed by atoms with Gasteiger partial charge in [-0.15, -0.1) is 0 Å². The Hall–Kier alpha value is -2.14. The number of hydrogen-bond donors (Lipinski definition) is 0. The lowest BCUT2D eigenvalue weighted by Crippen LogP contribution is -2.47. The van der Waals surface area contributed by atoms with Crippen molar-refractivity contribution in [3.8, 4) is 0 Å². The van der Waals surface area contributed by atoms with Crippen molar-refractivity contribution >= 4 is 11.5 Å². The number of hydrogen-bond acceptors (Lipinski definition) is 4. The van der Waals surface area contributed by atoms with Gasteiger partial charge in [0.05, 0.1) is 12.2 Å². The predicted molar refractivity (Wildman–Crippen MR) is 83.0 cm³/mol. The maximum atomic E-state index is 4.94. The third-order valence-electron chi connectivity index (χ3n) is 4.28. The summed E-state index contributed by atoms with van der Waals surface area (Å²) in [6, 6.07) is 8.37. The maximum absolute atomic E-state index is 4.94. The second-order valence-electron chi connectivity index (χ2n) is 5.73. The molecule has 0 N–H and O–H groups in total. The Morgan fingerprint density at radius 1 is 1.05 bits per heavy atom. The van der Waals surface area contributed by atoms with E-state index >= 15 is 0 Å². The third-order valence-corrected chi connectivity index (χ3v) is 4.28. The molecule has 108 valence electrons. The van der Waals surface area contributed by atoms with Gasteiger partial charge in [-0.1, -0.05) is 18.2 Å². The lowest BCUT2D eigenvalue weighted by atomic mass is 10.2. The zero-order valence-electron chi connectivity index (χ0n) is 12.2. The number of imidazole rings is 1. The van der Waals surface area contributed by atoms with Crippen LogP contribution in [-0.2, 0) is 6.54 Å². The summed E-state index contributed by atoms with van der Waals surface area (Å²) in [5, 5.41) is 0. The summed E-state index contributed by atoms with van der Waals surface area (Å²) in [4.78, 5) is 14.2. The third kappa shape index (κ3) is 2.23. The van der Waals surface area contributed by atoms with Gasteiger partial charge in [-0.2, -0.15) is 0 Å². The number of nitrogens with zero attached hydrogens (tertiary/aromatic N) is 5. The lowest BCUT2D eigenvalue weighted by Gasteiger charge is -2.34. The number of benzene rings is 1. The average molecular weight is 281 g/mol. The smallest absolute Gasteiger partial charge is 0.176 e. The van der Waals surface area contributed by atoms with Crippen LogP contribution >= 0.6 is 0 Å². The van der Waals surface area contributed by atoms with Crippen LogP contribution in [0.25, 0.3) is 0 Å². The first-order valence-electron chi connectivity index (χ1n) is 7.43. The van der Waals surface area contributed by atoms with Crippen LogP contribution in [0.15, 0.2) is 41.7 Å². The summed E-state index contributed by atoms with van der Waals surface area (Å²) >= 11 is 0. The Balaban J connectivity index is 1.79. The van der Waals surface area contributed by atoms with Gasteiger partial charge < -0.3 is 14.4 Å². The second kappa shape index (κ2) is 5.00. The highest BCUT2D eigenvalue weighted by atomic mass is 15.3. The number of piperazine rings is 1.